The third kappa shape index (κ3) is 4.67. The minimum Gasteiger partial charge on any atom is -0.396 e. The molecule has 2 nitrogen and oxygen atoms in total. The molecule has 0 atom stereocenters. The highest BCUT2D eigenvalue weighted by atomic mass is 19.1. The van der Waals surface area contributed by atoms with E-state index in [0.29, 0.717) is 5.56 Å². The van der Waals surface area contributed by atoms with Crippen LogP contribution in [0.1, 0.15) is 24.5 Å². The fourth-order valence-electron chi connectivity index (χ4n) is 3.51. The van der Waals surface area contributed by atoms with Crippen LogP contribution in [0.4, 0.5) is 4.39 Å². The van der Waals surface area contributed by atoms with E-state index in [-0.39, 0.29) is 24.9 Å². The topological polar surface area (TPSA) is 40.5 Å². The van der Waals surface area contributed by atoms with Gasteiger partial charge in [0.1, 0.15) is 5.82 Å². The number of aliphatic hydroxyl groups excluding tert-OH is 2. The minimum absolute atomic E-state index is 0.00576. The molecule has 0 aliphatic carbocycles. The summed E-state index contributed by atoms with van der Waals surface area (Å²) in [5, 5.41) is 18.5. The van der Waals surface area contributed by atoms with Crippen molar-refractivity contribution < 1.29 is 14.6 Å². The Balaban J connectivity index is 1.86. The fraction of sp³-hybridized carbons (Fsp3) is 0.280. The Morgan fingerprint density at radius 2 is 1.54 bits per heavy atom. The van der Waals surface area contributed by atoms with E-state index in [9.17, 15) is 14.6 Å². The molecule has 0 aliphatic heterocycles. The van der Waals surface area contributed by atoms with Crippen molar-refractivity contribution in [1.82, 2.24) is 0 Å². The summed E-state index contributed by atoms with van der Waals surface area (Å²) in [7, 11) is 0. The number of hydrogen-bond donors (Lipinski definition) is 2. The van der Waals surface area contributed by atoms with Crippen LogP contribution in [0, 0.1) is 11.7 Å². The van der Waals surface area contributed by atoms with E-state index in [4.69, 9.17) is 0 Å². The van der Waals surface area contributed by atoms with Crippen LogP contribution in [0.15, 0.2) is 66.7 Å². The Morgan fingerprint density at radius 3 is 2.18 bits per heavy atom. The van der Waals surface area contributed by atoms with E-state index in [0.717, 1.165) is 47.1 Å². The molecule has 0 amide bonds. The van der Waals surface area contributed by atoms with E-state index < -0.39 is 0 Å². The van der Waals surface area contributed by atoms with Gasteiger partial charge in [0, 0.05) is 24.7 Å². The van der Waals surface area contributed by atoms with Crippen LogP contribution in [-0.4, -0.2) is 23.4 Å². The van der Waals surface area contributed by atoms with Gasteiger partial charge in [-0.15, -0.1) is 0 Å². The van der Waals surface area contributed by atoms with Crippen molar-refractivity contribution >= 4 is 0 Å². The average Bonchev–Trinajstić information content (AvgIpc) is 2.75. The number of hydrogen-bond acceptors (Lipinski definition) is 2. The molecule has 0 aromatic heterocycles. The van der Waals surface area contributed by atoms with Crippen molar-refractivity contribution in [3.05, 3.63) is 83.7 Å². The van der Waals surface area contributed by atoms with Crippen molar-refractivity contribution in [2.75, 3.05) is 13.2 Å². The van der Waals surface area contributed by atoms with Gasteiger partial charge in [-0.05, 0) is 53.1 Å². The quantitative estimate of drug-likeness (QED) is 0.562. The summed E-state index contributed by atoms with van der Waals surface area (Å²) < 4.78 is 14.9. The summed E-state index contributed by atoms with van der Waals surface area (Å²) in [5.41, 5.74) is 5.66. The Morgan fingerprint density at radius 1 is 0.821 bits per heavy atom. The van der Waals surface area contributed by atoms with E-state index in [1.807, 2.05) is 54.6 Å². The second kappa shape index (κ2) is 9.63. The van der Waals surface area contributed by atoms with Gasteiger partial charge in [-0.2, -0.15) is 0 Å². The van der Waals surface area contributed by atoms with Gasteiger partial charge in [0.05, 0.1) is 0 Å². The van der Waals surface area contributed by atoms with Crippen molar-refractivity contribution in [2.24, 2.45) is 5.92 Å². The highest BCUT2D eigenvalue weighted by Crippen LogP contribution is 2.31. The van der Waals surface area contributed by atoms with Crippen molar-refractivity contribution in [2.45, 2.75) is 26.2 Å². The first kappa shape index (κ1) is 20.2. The Kier molecular flexibility index (Phi) is 6.96. The van der Waals surface area contributed by atoms with Gasteiger partial charge < -0.3 is 10.2 Å². The molecule has 28 heavy (non-hydrogen) atoms. The minimum atomic E-state index is -0.218. The molecule has 3 aromatic rings. The fourth-order valence-corrected chi connectivity index (χ4v) is 3.51. The molecule has 0 radical (unpaired) electrons. The van der Waals surface area contributed by atoms with E-state index in [1.54, 1.807) is 6.07 Å². The number of benzene rings is 3. The molecule has 0 fully saturated rings. The monoisotopic (exact) mass is 378 g/mol. The summed E-state index contributed by atoms with van der Waals surface area (Å²) >= 11 is 0. The molecule has 3 rings (SSSR count). The van der Waals surface area contributed by atoms with Gasteiger partial charge >= 0.3 is 0 Å². The second-order valence-electron chi connectivity index (χ2n) is 7.18. The lowest BCUT2D eigenvalue weighted by Crippen LogP contribution is -2.12. The van der Waals surface area contributed by atoms with Crippen LogP contribution in [0.3, 0.4) is 0 Å². The molecular weight excluding hydrogens is 351 g/mol. The molecule has 3 aromatic carbocycles. The number of halogens is 1. The van der Waals surface area contributed by atoms with Crippen LogP contribution in [0.5, 0.6) is 0 Å². The maximum absolute atomic E-state index is 14.9. The average molecular weight is 378 g/mol. The molecule has 3 heteroatoms. The molecule has 0 saturated heterocycles. The van der Waals surface area contributed by atoms with Crippen LogP contribution in [0.2, 0.25) is 0 Å². The zero-order valence-corrected chi connectivity index (χ0v) is 16.2. The molecule has 0 aliphatic rings. The third-order valence-electron chi connectivity index (χ3n) is 5.27. The standard InChI is InChI=1S/C25H27FO2/c1-2-20-14-18(8-9-19(16-27)17-28)10-12-23(20)24-13-11-22(15-25(24)26)21-6-4-3-5-7-21/h3-7,10-15,19,27-28H,2,8-9,16-17H2,1H3. The normalized spacial score (nSPS) is 11.2. The first-order chi connectivity index (χ1) is 13.7. The molecule has 146 valence electrons. The Bertz CT molecular complexity index is 902. The van der Waals surface area contributed by atoms with Crippen molar-refractivity contribution in [1.29, 1.82) is 0 Å². The van der Waals surface area contributed by atoms with Crippen LogP contribution >= 0.6 is 0 Å². The van der Waals surface area contributed by atoms with Gasteiger partial charge in [-0.25, -0.2) is 4.39 Å². The lowest BCUT2D eigenvalue weighted by molar-refractivity contribution is 0.144. The summed E-state index contributed by atoms with van der Waals surface area (Å²) in [6, 6.07) is 21.4. The van der Waals surface area contributed by atoms with Gasteiger partial charge in [-0.3, -0.25) is 0 Å². The van der Waals surface area contributed by atoms with Gasteiger partial charge in [0.2, 0.25) is 0 Å². The predicted octanol–water partition coefficient (Wildman–Crippen LogP) is 5.26. The number of rotatable bonds is 8. The molecule has 0 saturated carbocycles. The molecule has 0 unspecified atom stereocenters. The maximum atomic E-state index is 14.9. The molecule has 0 bridgehead atoms. The zero-order chi connectivity index (χ0) is 19.9. The Hall–Kier alpha value is -2.49. The SMILES string of the molecule is CCc1cc(CCC(CO)CO)ccc1-c1ccc(-c2ccccc2)cc1F. The first-order valence-electron chi connectivity index (χ1n) is 9.85. The van der Waals surface area contributed by atoms with Gasteiger partial charge in [0.25, 0.3) is 0 Å². The Labute approximate surface area is 166 Å². The van der Waals surface area contributed by atoms with E-state index in [1.165, 1.54) is 0 Å². The predicted molar refractivity (Wildman–Crippen MR) is 113 cm³/mol. The van der Waals surface area contributed by atoms with Gasteiger partial charge in [-0.1, -0.05) is 67.6 Å². The number of aliphatic hydroxyl groups is 2. The number of aryl methyl sites for hydroxylation is 2. The van der Waals surface area contributed by atoms with Crippen LogP contribution in [-0.2, 0) is 12.8 Å². The largest absolute Gasteiger partial charge is 0.396 e. The first-order valence-corrected chi connectivity index (χ1v) is 9.85. The lowest BCUT2D eigenvalue weighted by Gasteiger charge is -2.14. The van der Waals surface area contributed by atoms with Gasteiger partial charge in [0.15, 0.2) is 0 Å². The zero-order valence-electron chi connectivity index (χ0n) is 16.2. The summed E-state index contributed by atoms with van der Waals surface area (Å²) in [5.74, 6) is -0.308. The van der Waals surface area contributed by atoms with Crippen molar-refractivity contribution in [3.63, 3.8) is 0 Å². The molecular formula is C25H27FO2. The maximum Gasteiger partial charge on any atom is 0.131 e. The highest BCUT2D eigenvalue weighted by molar-refractivity contribution is 5.73. The third-order valence-corrected chi connectivity index (χ3v) is 5.27. The summed E-state index contributed by atoms with van der Waals surface area (Å²) in [4.78, 5) is 0. The summed E-state index contributed by atoms with van der Waals surface area (Å²) in [6.45, 7) is 2.06. The van der Waals surface area contributed by atoms with E-state index in [2.05, 4.69) is 13.0 Å². The molecule has 0 spiro atoms. The van der Waals surface area contributed by atoms with Crippen LogP contribution < -0.4 is 0 Å². The second-order valence-corrected chi connectivity index (χ2v) is 7.18. The molecule has 2 N–H and O–H groups in total. The lowest BCUT2D eigenvalue weighted by atomic mass is 9.92. The van der Waals surface area contributed by atoms with Crippen LogP contribution in [0.25, 0.3) is 22.3 Å². The highest BCUT2D eigenvalue weighted by Gasteiger charge is 2.12. The van der Waals surface area contributed by atoms with E-state index >= 15 is 0 Å². The smallest absolute Gasteiger partial charge is 0.131 e. The molecule has 0 heterocycles. The summed E-state index contributed by atoms with van der Waals surface area (Å²) in [6.07, 6.45) is 2.33. The van der Waals surface area contributed by atoms with Crippen molar-refractivity contribution in [3.8, 4) is 22.3 Å².